The molecule has 1 saturated carbocycles. The zero-order chi connectivity index (χ0) is 15.5. The molecule has 0 spiro atoms. The van der Waals surface area contributed by atoms with Crippen LogP contribution in [0.3, 0.4) is 0 Å². The fourth-order valence-electron chi connectivity index (χ4n) is 2.37. The minimum atomic E-state index is -0.102. The molecule has 0 aliphatic heterocycles. The van der Waals surface area contributed by atoms with E-state index in [0.717, 1.165) is 29.9 Å². The van der Waals surface area contributed by atoms with E-state index in [1.807, 2.05) is 38.1 Å². The summed E-state index contributed by atoms with van der Waals surface area (Å²) in [6.45, 7) is 4.58. The van der Waals surface area contributed by atoms with Crippen LogP contribution in [-0.2, 0) is 0 Å². The molecule has 0 atom stereocenters. The Morgan fingerprint density at radius 1 is 1.32 bits per heavy atom. The standard InChI is InChI=1S/C17H20N4O/c1-3-21(14-6-4-5-12(2)9-14)17(22)15-10-16(19-11-18-15)20-13-7-8-13/h4-6,9-11,13H,3,7-8H2,1-2H3,(H,18,19,20). The number of rotatable bonds is 5. The molecule has 2 aromatic rings. The summed E-state index contributed by atoms with van der Waals surface area (Å²) in [5.74, 6) is 0.621. The molecule has 0 bridgehead atoms. The van der Waals surface area contributed by atoms with Crippen LogP contribution in [-0.4, -0.2) is 28.5 Å². The van der Waals surface area contributed by atoms with Gasteiger partial charge in [0, 0.05) is 24.3 Å². The van der Waals surface area contributed by atoms with Crippen LogP contribution in [0.1, 0.15) is 35.8 Å². The fraction of sp³-hybridized carbons (Fsp3) is 0.353. The van der Waals surface area contributed by atoms with Gasteiger partial charge in [-0.25, -0.2) is 9.97 Å². The molecule has 1 aliphatic carbocycles. The summed E-state index contributed by atoms with van der Waals surface area (Å²) >= 11 is 0. The summed E-state index contributed by atoms with van der Waals surface area (Å²) in [7, 11) is 0. The Morgan fingerprint density at radius 3 is 2.82 bits per heavy atom. The molecule has 114 valence electrons. The number of anilines is 2. The topological polar surface area (TPSA) is 58.1 Å². The monoisotopic (exact) mass is 296 g/mol. The average molecular weight is 296 g/mol. The van der Waals surface area contributed by atoms with Gasteiger partial charge in [0.05, 0.1) is 0 Å². The number of hydrogen-bond donors (Lipinski definition) is 1. The summed E-state index contributed by atoms with van der Waals surface area (Å²) in [4.78, 5) is 22.8. The lowest BCUT2D eigenvalue weighted by atomic mass is 10.2. The van der Waals surface area contributed by atoms with Crippen molar-refractivity contribution >= 4 is 17.4 Å². The van der Waals surface area contributed by atoms with Crippen LogP contribution in [0, 0.1) is 6.92 Å². The number of amides is 1. The Hall–Kier alpha value is -2.43. The Morgan fingerprint density at radius 2 is 2.14 bits per heavy atom. The first-order chi connectivity index (χ1) is 10.7. The first-order valence-electron chi connectivity index (χ1n) is 7.64. The minimum absolute atomic E-state index is 0.102. The SMILES string of the molecule is CCN(C(=O)c1cc(NC2CC2)ncn1)c1cccc(C)c1. The van der Waals surface area contributed by atoms with E-state index in [9.17, 15) is 4.79 Å². The van der Waals surface area contributed by atoms with Gasteiger partial charge < -0.3 is 10.2 Å². The highest BCUT2D eigenvalue weighted by molar-refractivity contribution is 6.05. The van der Waals surface area contributed by atoms with Gasteiger partial charge in [0.25, 0.3) is 5.91 Å². The predicted octanol–water partition coefficient (Wildman–Crippen LogP) is 3.03. The van der Waals surface area contributed by atoms with Gasteiger partial charge in [0.2, 0.25) is 0 Å². The van der Waals surface area contributed by atoms with E-state index in [4.69, 9.17) is 0 Å². The second kappa shape index (κ2) is 6.13. The van der Waals surface area contributed by atoms with E-state index in [0.29, 0.717) is 18.3 Å². The van der Waals surface area contributed by atoms with Crippen LogP contribution in [0.2, 0.25) is 0 Å². The molecule has 1 N–H and O–H groups in total. The van der Waals surface area contributed by atoms with Crippen LogP contribution < -0.4 is 10.2 Å². The molecule has 1 heterocycles. The molecule has 5 nitrogen and oxygen atoms in total. The highest BCUT2D eigenvalue weighted by Crippen LogP contribution is 2.24. The third-order valence-electron chi connectivity index (χ3n) is 3.69. The number of aryl methyl sites for hydroxylation is 1. The molecule has 1 fully saturated rings. The fourth-order valence-corrected chi connectivity index (χ4v) is 2.37. The molecule has 1 amide bonds. The molecular formula is C17H20N4O. The minimum Gasteiger partial charge on any atom is -0.367 e. The van der Waals surface area contributed by atoms with Gasteiger partial charge in [-0.05, 0) is 44.4 Å². The Bertz CT molecular complexity index is 682. The van der Waals surface area contributed by atoms with E-state index in [1.165, 1.54) is 6.33 Å². The molecule has 1 aromatic heterocycles. The molecule has 0 saturated heterocycles. The van der Waals surface area contributed by atoms with Crippen molar-refractivity contribution in [3.05, 3.63) is 47.9 Å². The Balaban J connectivity index is 1.84. The van der Waals surface area contributed by atoms with E-state index >= 15 is 0 Å². The first kappa shape index (κ1) is 14.5. The van der Waals surface area contributed by atoms with E-state index in [2.05, 4.69) is 15.3 Å². The van der Waals surface area contributed by atoms with Gasteiger partial charge in [0.1, 0.15) is 17.8 Å². The van der Waals surface area contributed by atoms with Crippen LogP contribution in [0.15, 0.2) is 36.7 Å². The number of benzene rings is 1. The molecule has 22 heavy (non-hydrogen) atoms. The highest BCUT2D eigenvalue weighted by Gasteiger charge is 2.23. The van der Waals surface area contributed by atoms with Crippen molar-refractivity contribution < 1.29 is 4.79 Å². The van der Waals surface area contributed by atoms with Crippen LogP contribution in [0.25, 0.3) is 0 Å². The van der Waals surface area contributed by atoms with Gasteiger partial charge in [0.15, 0.2) is 0 Å². The molecule has 5 heteroatoms. The third-order valence-corrected chi connectivity index (χ3v) is 3.69. The molecular weight excluding hydrogens is 276 g/mol. The lowest BCUT2D eigenvalue weighted by Crippen LogP contribution is -2.31. The lowest BCUT2D eigenvalue weighted by Gasteiger charge is -2.21. The second-order valence-corrected chi connectivity index (χ2v) is 5.60. The van der Waals surface area contributed by atoms with Gasteiger partial charge in [-0.2, -0.15) is 0 Å². The van der Waals surface area contributed by atoms with Crippen molar-refractivity contribution in [2.75, 3.05) is 16.8 Å². The maximum absolute atomic E-state index is 12.7. The van der Waals surface area contributed by atoms with Crippen molar-refractivity contribution in [1.29, 1.82) is 0 Å². The van der Waals surface area contributed by atoms with Crippen molar-refractivity contribution in [3.63, 3.8) is 0 Å². The number of carbonyl (C=O) groups excluding carboxylic acids is 1. The van der Waals surface area contributed by atoms with E-state index in [-0.39, 0.29) is 5.91 Å². The third kappa shape index (κ3) is 3.24. The summed E-state index contributed by atoms with van der Waals surface area (Å²) < 4.78 is 0. The van der Waals surface area contributed by atoms with Crippen molar-refractivity contribution in [2.24, 2.45) is 0 Å². The van der Waals surface area contributed by atoms with E-state index in [1.54, 1.807) is 11.0 Å². The number of nitrogens with zero attached hydrogens (tertiary/aromatic N) is 3. The number of hydrogen-bond acceptors (Lipinski definition) is 4. The summed E-state index contributed by atoms with van der Waals surface area (Å²) in [6, 6.07) is 10.2. The molecule has 1 aliphatic rings. The second-order valence-electron chi connectivity index (χ2n) is 5.60. The first-order valence-corrected chi connectivity index (χ1v) is 7.64. The Kier molecular flexibility index (Phi) is 4.04. The molecule has 0 unspecified atom stereocenters. The maximum Gasteiger partial charge on any atom is 0.277 e. The number of carbonyl (C=O) groups is 1. The normalized spacial score (nSPS) is 13.7. The summed E-state index contributed by atoms with van der Waals surface area (Å²) in [5.41, 5.74) is 2.44. The molecule has 1 aromatic carbocycles. The van der Waals surface area contributed by atoms with Gasteiger partial charge in [-0.3, -0.25) is 4.79 Å². The van der Waals surface area contributed by atoms with Crippen LogP contribution in [0.5, 0.6) is 0 Å². The van der Waals surface area contributed by atoms with Crippen molar-refractivity contribution in [3.8, 4) is 0 Å². The zero-order valence-corrected chi connectivity index (χ0v) is 12.9. The zero-order valence-electron chi connectivity index (χ0n) is 12.9. The van der Waals surface area contributed by atoms with Crippen LogP contribution >= 0.6 is 0 Å². The molecule has 3 rings (SSSR count). The summed E-state index contributed by atoms with van der Waals surface area (Å²) in [6.07, 6.45) is 3.78. The maximum atomic E-state index is 12.7. The highest BCUT2D eigenvalue weighted by atomic mass is 16.2. The van der Waals surface area contributed by atoms with Gasteiger partial charge in [-0.15, -0.1) is 0 Å². The quantitative estimate of drug-likeness (QED) is 0.921. The largest absolute Gasteiger partial charge is 0.367 e. The smallest absolute Gasteiger partial charge is 0.277 e. The Labute approximate surface area is 130 Å². The van der Waals surface area contributed by atoms with Gasteiger partial charge >= 0.3 is 0 Å². The van der Waals surface area contributed by atoms with Crippen LogP contribution in [0.4, 0.5) is 11.5 Å². The molecule has 0 radical (unpaired) electrons. The number of nitrogens with one attached hydrogen (secondary N) is 1. The van der Waals surface area contributed by atoms with E-state index < -0.39 is 0 Å². The lowest BCUT2D eigenvalue weighted by molar-refractivity contribution is 0.0983. The van der Waals surface area contributed by atoms with Crippen molar-refractivity contribution in [1.82, 2.24) is 9.97 Å². The van der Waals surface area contributed by atoms with Gasteiger partial charge in [-0.1, -0.05) is 12.1 Å². The average Bonchev–Trinajstić information content (AvgIpc) is 3.32. The summed E-state index contributed by atoms with van der Waals surface area (Å²) in [5, 5.41) is 3.30. The van der Waals surface area contributed by atoms with Crippen molar-refractivity contribution in [2.45, 2.75) is 32.7 Å². The predicted molar refractivity (Wildman–Crippen MR) is 87.2 cm³/mol. The number of aromatic nitrogens is 2.